The van der Waals surface area contributed by atoms with Gasteiger partial charge < -0.3 is 4.90 Å². The lowest BCUT2D eigenvalue weighted by molar-refractivity contribution is 0.454. The van der Waals surface area contributed by atoms with Crippen LogP contribution in [0.15, 0.2) is 4.99 Å². The lowest BCUT2D eigenvalue weighted by Gasteiger charge is -2.22. The molecule has 0 amide bonds. The van der Waals surface area contributed by atoms with Crippen LogP contribution in [0.4, 0.5) is 0 Å². The van der Waals surface area contributed by atoms with Crippen LogP contribution in [0.2, 0.25) is 0 Å². The third-order valence-electron chi connectivity index (χ3n) is 1.89. The first-order valence-corrected chi connectivity index (χ1v) is 7.37. The summed E-state index contributed by atoms with van der Waals surface area (Å²) < 4.78 is 0. The highest BCUT2D eigenvalue weighted by Crippen LogP contribution is 2.23. The molecule has 3 N–H and O–H groups in total. The van der Waals surface area contributed by atoms with Crippen LogP contribution < -0.4 is 11.3 Å². The van der Waals surface area contributed by atoms with Crippen molar-refractivity contribution in [1.29, 1.82) is 0 Å². The van der Waals surface area contributed by atoms with Crippen LogP contribution >= 0.6 is 21.6 Å². The molecular formula is C8H18N4S2. The van der Waals surface area contributed by atoms with Gasteiger partial charge in [0.1, 0.15) is 0 Å². The zero-order chi connectivity index (χ0) is 10.2. The highest BCUT2D eigenvalue weighted by atomic mass is 33.1. The molecule has 1 fully saturated rings. The zero-order valence-corrected chi connectivity index (χ0v) is 10.2. The number of nitrogens with two attached hydrogens (primary N) is 1. The predicted molar refractivity (Wildman–Crippen MR) is 66.4 cm³/mol. The van der Waals surface area contributed by atoms with E-state index in [9.17, 15) is 0 Å². The molecule has 0 saturated carbocycles. The van der Waals surface area contributed by atoms with Crippen LogP contribution in [0.25, 0.3) is 0 Å². The number of nitrogens with zero attached hydrogens (tertiary/aromatic N) is 2. The van der Waals surface area contributed by atoms with Gasteiger partial charge in [-0.1, -0.05) is 28.5 Å². The standard InChI is InChI=1S/C8H18N4S2/c1-2-3-10-8(11-9)12-4-6-13-14-7-5-12/h2-7,9H2,1H3,(H,10,11). The molecule has 0 unspecified atom stereocenters. The number of rotatable bonds is 2. The van der Waals surface area contributed by atoms with E-state index in [1.165, 1.54) is 0 Å². The molecule has 4 nitrogen and oxygen atoms in total. The van der Waals surface area contributed by atoms with Crippen LogP contribution in [-0.2, 0) is 0 Å². The van der Waals surface area contributed by atoms with Crippen molar-refractivity contribution in [1.82, 2.24) is 10.3 Å². The van der Waals surface area contributed by atoms with E-state index in [0.29, 0.717) is 0 Å². The summed E-state index contributed by atoms with van der Waals surface area (Å²) in [7, 11) is 3.85. The molecule has 1 heterocycles. The Kier molecular flexibility index (Phi) is 6.22. The largest absolute Gasteiger partial charge is 0.340 e. The fourth-order valence-electron chi connectivity index (χ4n) is 1.19. The molecule has 1 saturated heterocycles. The van der Waals surface area contributed by atoms with Gasteiger partial charge in [-0.15, -0.1) is 0 Å². The molecule has 82 valence electrons. The van der Waals surface area contributed by atoms with Gasteiger partial charge in [-0.05, 0) is 6.42 Å². The number of hydrogen-bond donors (Lipinski definition) is 2. The first-order valence-electron chi connectivity index (χ1n) is 4.89. The normalized spacial score (nSPS) is 19.3. The van der Waals surface area contributed by atoms with E-state index in [4.69, 9.17) is 5.84 Å². The van der Waals surface area contributed by atoms with Crippen molar-refractivity contribution in [2.24, 2.45) is 10.8 Å². The van der Waals surface area contributed by atoms with Gasteiger partial charge in [0.2, 0.25) is 5.96 Å². The molecule has 1 aliphatic heterocycles. The molecule has 0 radical (unpaired) electrons. The topological polar surface area (TPSA) is 53.6 Å². The molecule has 1 rings (SSSR count). The molecule has 0 aliphatic carbocycles. The maximum Gasteiger partial charge on any atom is 0.208 e. The molecule has 1 aliphatic rings. The van der Waals surface area contributed by atoms with Crippen molar-refractivity contribution in [3.63, 3.8) is 0 Å². The summed E-state index contributed by atoms with van der Waals surface area (Å²) in [6, 6.07) is 0. The van der Waals surface area contributed by atoms with Gasteiger partial charge in [-0.25, -0.2) is 5.84 Å². The Morgan fingerprint density at radius 3 is 2.57 bits per heavy atom. The molecular weight excluding hydrogens is 216 g/mol. The average Bonchev–Trinajstić information content (AvgIpc) is 2.48. The SMILES string of the molecule is CCCN=C(NN)N1CCSSCC1. The van der Waals surface area contributed by atoms with E-state index < -0.39 is 0 Å². The average molecular weight is 234 g/mol. The van der Waals surface area contributed by atoms with Gasteiger partial charge in [0, 0.05) is 31.1 Å². The summed E-state index contributed by atoms with van der Waals surface area (Å²) in [6.07, 6.45) is 1.06. The van der Waals surface area contributed by atoms with E-state index in [1.54, 1.807) is 0 Å². The molecule has 0 aromatic carbocycles. The van der Waals surface area contributed by atoms with Gasteiger partial charge in [0.05, 0.1) is 0 Å². The second-order valence-corrected chi connectivity index (χ2v) is 5.68. The van der Waals surface area contributed by atoms with Gasteiger partial charge in [0.15, 0.2) is 0 Å². The number of aliphatic imine (C=N–C) groups is 1. The van der Waals surface area contributed by atoms with Gasteiger partial charge in [-0.2, -0.15) is 0 Å². The fourth-order valence-corrected chi connectivity index (χ4v) is 3.17. The summed E-state index contributed by atoms with van der Waals surface area (Å²) in [5, 5.41) is 0. The van der Waals surface area contributed by atoms with Crippen molar-refractivity contribution in [2.75, 3.05) is 31.1 Å². The van der Waals surface area contributed by atoms with E-state index in [0.717, 1.165) is 43.5 Å². The van der Waals surface area contributed by atoms with Crippen molar-refractivity contribution < 1.29 is 0 Å². The smallest absolute Gasteiger partial charge is 0.208 e. The second-order valence-electron chi connectivity index (χ2n) is 2.98. The lowest BCUT2D eigenvalue weighted by atomic mass is 10.5. The Morgan fingerprint density at radius 2 is 2.07 bits per heavy atom. The monoisotopic (exact) mass is 234 g/mol. The number of nitrogens with one attached hydrogen (secondary N) is 1. The maximum atomic E-state index is 5.46. The molecule has 14 heavy (non-hydrogen) atoms. The Labute approximate surface area is 93.4 Å². The Hall–Kier alpha value is -0.0700. The minimum absolute atomic E-state index is 0.843. The Bertz CT molecular complexity index is 178. The van der Waals surface area contributed by atoms with Crippen molar-refractivity contribution >= 4 is 27.5 Å². The maximum absolute atomic E-state index is 5.46. The number of hydrazine groups is 1. The van der Waals surface area contributed by atoms with Crippen LogP contribution in [0.5, 0.6) is 0 Å². The second kappa shape index (κ2) is 7.25. The molecule has 0 spiro atoms. The number of guanidine groups is 1. The van der Waals surface area contributed by atoms with Crippen molar-refractivity contribution in [3.05, 3.63) is 0 Å². The molecule has 0 bridgehead atoms. The lowest BCUT2D eigenvalue weighted by Crippen LogP contribution is -2.46. The third-order valence-corrected chi connectivity index (χ3v) is 4.25. The third kappa shape index (κ3) is 3.98. The highest BCUT2D eigenvalue weighted by Gasteiger charge is 2.12. The van der Waals surface area contributed by atoms with Gasteiger partial charge in [0.25, 0.3) is 0 Å². The first kappa shape index (κ1) is 12.0. The predicted octanol–water partition coefficient (Wildman–Crippen LogP) is 0.913. The molecule has 6 heteroatoms. The Morgan fingerprint density at radius 1 is 1.43 bits per heavy atom. The van der Waals surface area contributed by atoms with Crippen LogP contribution in [0, 0.1) is 0 Å². The summed E-state index contributed by atoms with van der Waals surface area (Å²) in [4.78, 5) is 6.64. The fraction of sp³-hybridized carbons (Fsp3) is 0.875. The van der Waals surface area contributed by atoms with E-state index in [-0.39, 0.29) is 0 Å². The molecule has 0 aromatic rings. The minimum Gasteiger partial charge on any atom is -0.340 e. The summed E-state index contributed by atoms with van der Waals surface area (Å²) in [6.45, 7) is 5.02. The molecule has 0 atom stereocenters. The summed E-state index contributed by atoms with van der Waals surface area (Å²) in [5.74, 6) is 8.57. The van der Waals surface area contributed by atoms with Gasteiger partial charge in [-0.3, -0.25) is 10.4 Å². The Balaban J connectivity index is 2.48. The van der Waals surface area contributed by atoms with Crippen molar-refractivity contribution in [2.45, 2.75) is 13.3 Å². The number of hydrogen-bond acceptors (Lipinski definition) is 4. The van der Waals surface area contributed by atoms with E-state index in [2.05, 4.69) is 22.2 Å². The van der Waals surface area contributed by atoms with E-state index in [1.807, 2.05) is 21.6 Å². The first-order chi connectivity index (χ1) is 6.88. The quantitative estimate of drug-likeness (QED) is 0.245. The minimum atomic E-state index is 0.843. The molecule has 0 aromatic heterocycles. The van der Waals surface area contributed by atoms with Crippen molar-refractivity contribution in [3.8, 4) is 0 Å². The van der Waals surface area contributed by atoms with Crippen LogP contribution in [0.3, 0.4) is 0 Å². The highest BCUT2D eigenvalue weighted by molar-refractivity contribution is 8.76. The van der Waals surface area contributed by atoms with Crippen LogP contribution in [-0.4, -0.2) is 42.0 Å². The van der Waals surface area contributed by atoms with Gasteiger partial charge >= 0.3 is 0 Å². The summed E-state index contributed by atoms with van der Waals surface area (Å²) >= 11 is 0. The van der Waals surface area contributed by atoms with E-state index >= 15 is 0 Å². The van der Waals surface area contributed by atoms with Crippen LogP contribution in [0.1, 0.15) is 13.3 Å². The zero-order valence-electron chi connectivity index (χ0n) is 8.53. The summed E-state index contributed by atoms with van der Waals surface area (Å²) in [5.41, 5.74) is 2.69.